The zero-order valence-corrected chi connectivity index (χ0v) is 12.6. The van der Waals surface area contributed by atoms with Crippen molar-refractivity contribution < 1.29 is 14.1 Å². The first-order valence-corrected chi connectivity index (χ1v) is 7.29. The van der Waals surface area contributed by atoms with Gasteiger partial charge in [0.15, 0.2) is 11.6 Å². The van der Waals surface area contributed by atoms with Gasteiger partial charge in [0.25, 0.3) is 5.69 Å². The molecule has 0 fully saturated rings. The van der Waals surface area contributed by atoms with E-state index in [1.165, 1.54) is 18.3 Å². The summed E-state index contributed by atoms with van der Waals surface area (Å²) in [6, 6.07) is 11.0. The first-order valence-electron chi connectivity index (χ1n) is 7.29. The first kappa shape index (κ1) is 15.7. The van der Waals surface area contributed by atoms with Gasteiger partial charge < -0.3 is 10.1 Å². The summed E-state index contributed by atoms with van der Waals surface area (Å²) in [6.45, 7) is 0.675. The number of benzene rings is 2. The number of nitro groups is 1. The molecule has 0 bridgehead atoms. The second kappa shape index (κ2) is 6.91. The third kappa shape index (κ3) is 3.24. The summed E-state index contributed by atoms with van der Waals surface area (Å²) < 4.78 is 18.8. The molecule has 1 heterocycles. The molecule has 6 nitrogen and oxygen atoms in total. The van der Waals surface area contributed by atoms with E-state index in [9.17, 15) is 14.5 Å². The average molecular weight is 327 g/mol. The Morgan fingerprint density at radius 3 is 2.79 bits per heavy atom. The van der Waals surface area contributed by atoms with Crippen molar-refractivity contribution in [2.45, 2.75) is 0 Å². The lowest BCUT2D eigenvalue weighted by Crippen LogP contribution is -2.12. The molecule has 3 aromatic rings. The Hall–Kier alpha value is -3.22. The summed E-state index contributed by atoms with van der Waals surface area (Å²) in [7, 11) is 0. The molecular formula is C17H14FN3O3. The molecule has 0 spiro atoms. The predicted octanol–water partition coefficient (Wildman–Crippen LogP) is 3.77. The average Bonchev–Trinajstić information content (AvgIpc) is 2.59. The highest BCUT2D eigenvalue weighted by Crippen LogP contribution is 2.30. The van der Waals surface area contributed by atoms with E-state index in [1.807, 2.05) is 0 Å². The van der Waals surface area contributed by atoms with Crippen molar-refractivity contribution in [3.05, 3.63) is 70.8 Å². The largest absolute Gasteiger partial charge is 0.489 e. The number of hydrogen-bond acceptors (Lipinski definition) is 5. The van der Waals surface area contributed by atoms with Crippen LogP contribution < -0.4 is 10.1 Å². The molecule has 122 valence electrons. The Kier molecular flexibility index (Phi) is 4.51. The van der Waals surface area contributed by atoms with Crippen LogP contribution in [0.1, 0.15) is 0 Å². The molecule has 0 saturated carbocycles. The molecule has 0 unspecified atom stereocenters. The van der Waals surface area contributed by atoms with Crippen LogP contribution in [0.15, 0.2) is 54.9 Å². The minimum absolute atomic E-state index is 0.00579. The molecule has 7 heteroatoms. The second-order valence-corrected chi connectivity index (χ2v) is 5.02. The quantitative estimate of drug-likeness (QED) is 0.423. The van der Waals surface area contributed by atoms with E-state index >= 15 is 0 Å². The Bertz CT molecular complexity index is 886. The van der Waals surface area contributed by atoms with E-state index in [2.05, 4.69) is 10.3 Å². The zero-order chi connectivity index (χ0) is 16.9. The lowest BCUT2D eigenvalue weighted by molar-refractivity contribution is -0.383. The van der Waals surface area contributed by atoms with Gasteiger partial charge in [-0.05, 0) is 24.3 Å². The van der Waals surface area contributed by atoms with Gasteiger partial charge in [-0.15, -0.1) is 0 Å². The highest BCUT2D eigenvalue weighted by atomic mass is 19.1. The summed E-state index contributed by atoms with van der Waals surface area (Å²) in [5.74, 6) is -0.221. The zero-order valence-electron chi connectivity index (χ0n) is 12.6. The van der Waals surface area contributed by atoms with Crippen molar-refractivity contribution in [2.75, 3.05) is 18.5 Å². The minimum atomic E-state index is -0.435. The summed E-state index contributed by atoms with van der Waals surface area (Å²) in [4.78, 5) is 14.6. The van der Waals surface area contributed by atoms with Gasteiger partial charge in [0, 0.05) is 36.1 Å². The standard InChI is InChI=1S/C17H14FN3O3/c18-14-3-1-2-4-17(14)24-10-9-20-15-5-6-16(21(22)23)13-11-19-8-7-12(13)15/h1-8,11,20H,9-10H2. The molecule has 0 aliphatic heterocycles. The number of non-ortho nitro benzene ring substituents is 1. The van der Waals surface area contributed by atoms with Crippen molar-refractivity contribution in [1.82, 2.24) is 4.98 Å². The fourth-order valence-corrected chi connectivity index (χ4v) is 2.40. The Morgan fingerprint density at radius 2 is 2.00 bits per heavy atom. The number of nitrogens with zero attached hydrogens (tertiary/aromatic N) is 2. The molecule has 0 amide bonds. The number of nitrogens with one attached hydrogen (secondary N) is 1. The van der Waals surface area contributed by atoms with Crippen LogP contribution in [0.5, 0.6) is 5.75 Å². The smallest absolute Gasteiger partial charge is 0.278 e. The lowest BCUT2D eigenvalue weighted by Gasteiger charge is -2.11. The summed E-state index contributed by atoms with van der Waals surface area (Å²) in [5.41, 5.74) is 0.737. The summed E-state index contributed by atoms with van der Waals surface area (Å²) >= 11 is 0. The number of nitro benzene ring substituents is 1. The molecular weight excluding hydrogens is 313 g/mol. The number of ether oxygens (including phenoxy) is 1. The highest BCUT2D eigenvalue weighted by molar-refractivity contribution is 5.99. The van der Waals surface area contributed by atoms with Gasteiger partial charge >= 0.3 is 0 Å². The number of aromatic nitrogens is 1. The predicted molar refractivity (Wildman–Crippen MR) is 88.8 cm³/mol. The minimum Gasteiger partial charge on any atom is -0.489 e. The summed E-state index contributed by atoms with van der Waals surface area (Å²) in [6.07, 6.45) is 3.04. The van der Waals surface area contributed by atoms with Gasteiger partial charge in [0.1, 0.15) is 6.61 Å². The number of hydrogen-bond donors (Lipinski definition) is 1. The van der Waals surface area contributed by atoms with Crippen molar-refractivity contribution in [2.24, 2.45) is 0 Å². The van der Waals surface area contributed by atoms with Crippen LogP contribution in [0.3, 0.4) is 0 Å². The molecule has 0 saturated heterocycles. The van der Waals surface area contributed by atoms with Gasteiger partial charge in [-0.25, -0.2) is 4.39 Å². The van der Waals surface area contributed by atoms with E-state index in [4.69, 9.17) is 4.74 Å². The monoisotopic (exact) mass is 327 g/mol. The molecule has 0 radical (unpaired) electrons. The Morgan fingerprint density at radius 1 is 1.17 bits per heavy atom. The molecule has 1 N–H and O–H groups in total. The molecule has 0 aliphatic carbocycles. The molecule has 0 atom stereocenters. The van der Waals surface area contributed by atoms with Gasteiger partial charge in [-0.2, -0.15) is 0 Å². The Balaban J connectivity index is 1.71. The third-order valence-corrected chi connectivity index (χ3v) is 3.50. The molecule has 0 aliphatic rings. The van der Waals surface area contributed by atoms with E-state index in [-0.39, 0.29) is 18.0 Å². The number of pyridine rings is 1. The first-order chi connectivity index (χ1) is 11.7. The van der Waals surface area contributed by atoms with Crippen LogP contribution >= 0.6 is 0 Å². The van der Waals surface area contributed by atoms with Gasteiger partial charge in [0.2, 0.25) is 0 Å². The maximum Gasteiger partial charge on any atom is 0.278 e. The molecule has 2 aromatic carbocycles. The van der Waals surface area contributed by atoms with Crippen LogP contribution in [0.25, 0.3) is 10.8 Å². The third-order valence-electron chi connectivity index (χ3n) is 3.50. The Labute approximate surface area is 137 Å². The van der Waals surface area contributed by atoms with Crippen LogP contribution in [-0.4, -0.2) is 23.1 Å². The van der Waals surface area contributed by atoms with Gasteiger partial charge in [-0.1, -0.05) is 12.1 Å². The van der Waals surface area contributed by atoms with E-state index in [0.717, 1.165) is 5.69 Å². The fourth-order valence-electron chi connectivity index (χ4n) is 2.40. The number of halogens is 1. The van der Waals surface area contributed by atoms with Crippen LogP contribution in [0.2, 0.25) is 0 Å². The molecule has 1 aromatic heterocycles. The lowest BCUT2D eigenvalue weighted by atomic mass is 10.1. The van der Waals surface area contributed by atoms with E-state index in [0.29, 0.717) is 17.3 Å². The van der Waals surface area contributed by atoms with Crippen molar-refractivity contribution >= 4 is 22.1 Å². The summed E-state index contributed by atoms with van der Waals surface area (Å²) in [5, 5.41) is 15.4. The van der Waals surface area contributed by atoms with E-state index < -0.39 is 10.7 Å². The highest BCUT2D eigenvalue weighted by Gasteiger charge is 2.14. The topological polar surface area (TPSA) is 77.3 Å². The normalized spacial score (nSPS) is 10.5. The van der Waals surface area contributed by atoms with Crippen LogP contribution in [0.4, 0.5) is 15.8 Å². The van der Waals surface area contributed by atoms with Crippen LogP contribution in [-0.2, 0) is 0 Å². The number of fused-ring (bicyclic) bond motifs is 1. The number of rotatable bonds is 6. The molecule has 3 rings (SSSR count). The van der Waals surface area contributed by atoms with Crippen molar-refractivity contribution in [3.63, 3.8) is 0 Å². The number of para-hydroxylation sites is 1. The molecule has 24 heavy (non-hydrogen) atoms. The van der Waals surface area contributed by atoms with Crippen molar-refractivity contribution in [1.29, 1.82) is 0 Å². The number of anilines is 1. The maximum absolute atomic E-state index is 13.5. The second-order valence-electron chi connectivity index (χ2n) is 5.02. The fraction of sp³-hybridized carbons (Fsp3) is 0.118. The van der Waals surface area contributed by atoms with Gasteiger partial charge in [0.05, 0.1) is 10.3 Å². The SMILES string of the molecule is O=[N+]([O-])c1ccc(NCCOc2ccccc2F)c2ccncc12. The van der Waals surface area contributed by atoms with Gasteiger partial charge in [-0.3, -0.25) is 15.1 Å². The van der Waals surface area contributed by atoms with E-state index in [1.54, 1.807) is 36.5 Å². The maximum atomic E-state index is 13.5. The van der Waals surface area contributed by atoms with Crippen LogP contribution in [0, 0.1) is 15.9 Å². The van der Waals surface area contributed by atoms with Crippen molar-refractivity contribution in [3.8, 4) is 5.75 Å².